The maximum atomic E-state index is 11.9. The lowest BCUT2D eigenvalue weighted by atomic mass is 9.80. The predicted molar refractivity (Wildman–Crippen MR) is 122 cm³/mol. The Morgan fingerprint density at radius 2 is 1.13 bits per heavy atom. The Labute approximate surface area is 178 Å². The van der Waals surface area contributed by atoms with Crippen molar-refractivity contribution in [3.63, 3.8) is 0 Å². The summed E-state index contributed by atoms with van der Waals surface area (Å²) in [5.41, 5.74) is 2.67. The van der Waals surface area contributed by atoms with Gasteiger partial charge in [-0.25, -0.2) is 0 Å². The number of para-hydroxylation sites is 1. The SMILES string of the molecule is O=[N+]([O-])c1ccccc1C1c2ccc3ccccc3c2Oc2c1ccc1ccccc21. The molecule has 0 spiro atoms. The molecule has 1 heterocycles. The van der Waals surface area contributed by atoms with Crippen LogP contribution in [-0.2, 0) is 0 Å². The zero-order valence-electron chi connectivity index (χ0n) is 16.5. The van der Waals surface area contributed by atoms with Crippen LogP contribution in [0, 0.1) is 10.1 Å². The summed E-state index contributed by atoms with van der Waals surface area (Å²) >= 11 is 0. The molecule has 6 rings (SSSR count). The van der Waals surface area contributed by atoms with Crippen LogP contribution < -0.4 is 4.74 Å². The second-order valence-corrected chi connectivity index (χ2v) is 7.76. The molecule has 0 amide bonds. The Balaban J connectivity index is 1.74. The topological polar surface area (TPSA) is 52.4 Å². The number of rotatable bonds is 2. The summed E-state index contributed by atoms with van der Waals surface area (Å²) in [4.78, 5) is 11.6. The lowest BCUT2D eigenvalue weighted by molar-refractivity contribution is -0.385. The van der Waals surface area contributed by atoms with E-state index in [9.17, 15) is 10.1 Å². The average Bonchev–Trinajstić information content (AvgIpc) is 2.82. The molecular formula is C27H17NO3. The molecule has 0 saturated carbocycles. The Bertz CT molecular complexity index is 1420. The molecular weight excluding hydrogens is 386 g/mol. The van der Waals surface area contributed by atoms with Crippen LogP contribution in [0.5, 0.6) is 11.5 Å². The molecule has 0 aromatic heterocycles. The number of nitro benzene ring substituents is 1. The molecule has 0 radical (unpaired) electrons. The van der Waals surface area contributed by atoms with Gasteiger partial charge in [0.15, 0.2) is 0 Å². The maximum absolute atomic E-state index is 11.9. The predicted octanol–water partition coefficient (Wildman–Crippen LogP) is 7.19. The second-order valence-electron chi connectivity index (χ2n) is 7.76. The largest absolute Gasteiger partial charge is 0.455 e. The van der Waals surface area contributed by atoms with Gasteiger partial charge >= 0.3 is 0 Å². The monoisotopic (exact) mass is 403 g/mol. The van der Waals surface area contributed by atoms with E-state index < -0.39 is 0 Å². The fraction of sp³-hybridized carbons (Fsp3) is 0.0370. The van der Waals surface area contributed by atoms with Crippen LogP contribution in [0.15, 0.2) is 97.1 Å². The zero-order chi connectivity index (χ0) is 20.9. The third-order valence-corrected chi connectivity index (χ3v) is 6.09. The second kappa shape index (κ2) is 6.67. The summed E-state index contributed by atoms with van der Waals surface area (Å²) in [6.45, 7) is 0. The highest BCUT2D eigenvalue weighted by molar-refractivity contribution is 5.95. The minimum Gasteiger partial charge on any atom is -0.455 e. The molecule has 1 aliphatic heterocycles. The van der Waals surface area contributed by atoms with E-state index in [0.29, 0.717) is 5.56 Å². The lowest BCUT2D eigenvalue weighted by Crippen LogP contribution is -2.13. The fourth-order valence-corrected chi connectivity index (χ4v) is 4.70. The number of ether oxygens (including phenoxy) is 1. The van der Waals surface area contributed by atoms with Crippen molar-refractivity contribution in [1.29, 1.82) is 0 Å². The van der Waals surface area contributed by atoms with Gasteiger partial charge in [-0.15, -0.1) is 0 Å². The standard InChI is InChI=1S/C27H17NO3/c29-28(30)24-12-6-5-11-21(24)25-22-15-13-17-7-1-3-9-19(17)26(22)31-27-20-10-4-2-8-18(20)14-16-23(25)27/h1-16,25H. The van der Waals surface area contributed by atoms with Crippen LogP contribution in [0.4, 0.5) is 5.69 Å². The molecule has 1 aliphatic rings. The molecule has 0 atom stereocenters. The molecule has 0 fully saturated rings. The Hall–Kier alpha value is -4.18. The minimum absolute atomic E-state index is 0.118. The summed E-state index contributed by atoms with van der Waals surface area (Å²) in [6.07, 6.45) is 0. The van der Waals surface area contributed by atoms with Crippen molar-refractivity contribution in [3.05, 3.63) is 124 Å². The van der Waals surface area contributed by atoms with Crippen molar-refractivity contribution in [1.82, 2.24) is 0 Å². The van der Waals surface area contributed by atoms with Gasteiger partial charge in [0, 0.05) is 39.4 Å². The number of nitrogens with zero attached hydrogens (tertiary/aromatic N) is 1. The quantitative estimate of drug-likeness (QED) is 0.227. The van der Waals surface area contributed by atoms with Crippen LogP contribution in [0.3, 0.4) is 0 Å². The Morgan fingerprint density at radius 3 is 1.71 bits per heavy atom. The van der Waals surface area contributed by atoms with Gasteiger partial charge in [-0.2, -0.15) is 0 Å². The number of hydrogen-bond donors (Lipinski definition) is 0. The van der Waals surface area contributed by atoms with E-state index >= 15 is 0 Å². The van der Waals surface area contributed by atoms with Crippen LogP contribution in [0.1, 0.15) is 22.6 Å². The third kappa shape index (κ3) is 2.62. The number of fused-ring (bicyclic) bond motifs is 6. The normalized spacial score (nSPS) is 12.9. The first kappa shape index (κ1) is 17.7. The van der Waals surface area contributed by atoms with Gasteiger partial charge in [0.25, 0.3) is 5.69 Å². The molecule has 5 aromatic rings. The van der Waals surface area contributed by atoms with Gasteiger partial charge in [-0.3, -0.25) is 10.1 Å². The number of benzene rings is 5. The van der Waals surface area contributed by atoms with Gasteiger partial charge in [0.2, 0.25) is 0 Å². The molecule has 0 unspecified atom stereocenters. The average molecular weight is 403 g/mol. The first-order valence-corrected chi connectivity index (χ1v) is 10.2. The molecule has 148 valence electrons. The van der Waals surface area contributed by atoms with Crippen molar-refractivity contribution in [2.45, 2.75) is 5.92 Å². The van der Waals surface area contributed by atoms with Crippen LogP contribution in [-0.4, -0.2) is 4.92 Å². The van der Waals surface area contributed by atoms with Crippen molar-refractivity contribution < 1.29 is 9.66 Å². The van der Waals surface area contributed by atoms with E-state index in [2.05, 4.69) is 24.3 Å². The van der Waals surface area contributed by atoms with Crippen molar-refractivity contribution in [2.24, 2.45) is 0 Å². The van der Waals surface area contributed by atoms with E-state index in [-0.39, 0.29) is 16.5 Å². The van der Waals surface area contributed by atoms with E-state index in [4.69, 9.17) is 4.74 Å². The maximum Gasteiger partial charge on any atom is 0.273 e. The molecule has 4 nitrogen and oxygen atoms in total. The Morgan fingerprint density at radius 1 is 0.613 bits per heavy atom. The highest BCUT2D eigenvalue weighted by atomic mass is 16.6. The van der Waals surface area contributed by atoms with Crippen LogP contribution >= 0.6 is 0 Å². The molecule has 4 heteroatoms. The zero-order valence-corrected chi connectivity index (χ0v) is 16.5. The van der Waals surface area contributed by atoms with Gasteiger partial charge in [-0.05, 0) is 10.8 Å². The van der Waals surface area contributed by atoms with Crippen LogP contribution in [0.25, 0.3) is 21.5 Å². The Kier molecular flexibility index (Phi) is 3.80. The lowest BCUT2D eigenvalue weighted by Gasteiger charge is -2.30. The third-order valence-electron chi connectivity index (χ3n) is 6.09. The highest BCUT2D eigenvalue weighted by Crippen LogP contribution is 2.53. The van der Waals surface area contributed by atoms with Gasteiger partial charge < -0.3 is 4.74 Å². The summed E-state index contributed by atoms with van der Waals surface area (Å²) in [5.74, 6) is 1.24. The van der Waals surface area contributed by atoms with Gasteiger partial charge in [0.1, 0.15) is 11.5 Å². The molecule has 31 heavy (non-hydrogen) atoms. The summed E-state index contributed by atoms with van der Waals surface area (Å²) < 4.78 is 6.59. The molecule has 0 aliphatic carbocycles. The summed E-state index contributed by atoms with van der Waals surface area (Å²) in [5, 5.41) is 16.0. The molecule has 0 N–H and O–H groups in total. The first-order valence-electron chi connectivity index (χ1n) is 10.2. The van der Waals surface area contributed by atoms with Crippen molar-refractivity contribution in [3.8, 4) is 11.5 Å². The van der Waals surface area contributed by atoms with E-state index in [0.717, 1.165) is 44.2 Å². The van der Waals surface area contributed by atoms with Gasteiger partial charge in [0.05, 0.1) is 4.92 Å². The van der Waals surface area contributed by atoms with E-state index in [1.165, 1.54) is 0 Å². The number of nitro groups is 1. The smallest absolute Gasteiger partial charge is 0.273 e. The van der Waals surface area contributed by atoms with E-state index in [1.807, 2.05) is 60.7 Å². The first-order chi connectivity index (χ1) is 15.2. The van der Waals surface area contributed by atoms with Crippen LogP contribution in [0.2, 0.25) is 0 Å². The van der Waals surface area contributed by atoms with Crippen molar-refractivity contribution >= 4 is 27.2 Å². The molecule has 5 aromatic carbocycles. The van der Waals surface area contributed by atoms with E-state index in [1.54, 1.807) is 12.1 Å². The summed E-state index contributed by atoms with van der Waals surface area (Å²) in [7, 11) is 0. The van der Waals surface area contributed by atoms with Crippen molar-refractivity contribution in [2.75, 3.05) is 0 Å². The molecule has 0 bridgehead atoms. The molecule has 0 saturated heterocycles. The summed E-state index contributed by atoms with van der Waals surface area (Å²) in [6, 6.07) is 31.4. The highest BCUT2D eigenvalue weighted by Gasteiger charge is 2.34. The fourth-order valence-electron chi connectivity index (χ4n) is 4.70. The minimum atomic E-state index is -0.299. The van der Waals surface area contributed by atoms with Gasteiger partial charge in [-0.1, -0.05) is 91.0 Å². The number of hydrogen-bond acceptors (Lipinski definition) is 3.